The second-order valence-electron chi connectivity index (χ2n) is 6.39. The lowest BCUT2D eigenvalue weighted by molar-refractivity contribution is 0.426. The Balaban J connectivity index is 1.66. The summed E-state index contributed by atoms with van der Waals surface area (Å²) in [6.45, 7) is 4.67. The van der Waals surface area contributed by atoms with E-state index in [4.69, 9.17) is 0 Å². The van der Waals surface area contributed by atoms with Gasteiger partial charge in [-0.25, -0.2) is 4.98 Å². The van der Waals surface area contributed by atoms with Gasteiger partial charge in [-0.3, -0.25) is 4.79 Å². The zero-order valence-electron chi connectivity index (χ0n) is 13.8. The quantitative estimate of drug-likeness (QED) is 0.890. The zero-order valence-corrected chi connectivity index (χ0v) is 14.6. The SMILES string of the molecule is CCn1ccnc(Sc2nnc(C3CCNCC3)n2C2CC2)c1=O. The highest BCUT2D eigenvalue weighted by Crippen LogP contribution is 2.42. The van der Waals surface area contributed by atoms with Crippen molar-refractivity contribution in [3.05, 3.63) is 28.6 Å². The minimum atomic E-state index is -0.0567. The molecule has 2 aromatic heterocycles. The van der Waals surface area contributed by atoms with Crippen LogP contribution in [-0.2, 0) is 6.54 Å². The predicted molar refractivity (Wildman–Crippen MR) is 91.4 cm³/mol. The maximum absolute atomic E-state index is 12.4. The minimum absolute atomic E-state index is 0.0567. The fourth-order valence-electron chi connectivity index (χ4n) is 3.23. The van der Waals surface area contributed by atoms with E-state index in [9.17, 15) is 4.79 Å². The molecule has 1 aliphatic heterocycles. The summed E-state index contributed by atoms with van der Waals surface area (Å²) in [5.41, 5.74) is -0.0567. The molecule has 0 amide bonds. The van der Waals surface area contributed by atoms with Gasteiger partial charge in [-0.15, -0.1) is 10.2 Å². The molecule has 0 atom stereocenters. The van der Waals surface area contributed by atoms with Crippen molar-refractivity contribution in [3.8, 4) is 0 Å². The Hall–Kier alpha value is -1.67. The molecule has 0 bridgehead atoms. The molecule has 4 rings (SSSR count). The molecule has 0 aromatic carbocycles. The summed E-state index contributed by atoms with van der Waals surface area (Å²) < 4.78 is 3.94. The van der Waals surface area contributed by atoms with Crippen molar-refractivity contribution in [2.24, 2.45) is 0 Å². The Labute approximate surface area is 144 Å². The first-order valence-electron chi connectivity index (χ1n) is 8.66. The highest BCUT2D eigenvalue weighted by Gasteiger charge is 2.33. The Morgan fingerprint density at radius 1 is 1.25 bits per heavy atom. The molecular formula is C16H22N6OS. The van der Waals surface area contributed by atoms with Gasteiger partial charge in [0.1, 0.15) is 5.82 Å². The van der Waals surface area contributed by atoms with E-state index in [1.54, 1.807) is 17.0 Å². The fraction of sp³-hybridized carbons (Fsp3) is 0.625. The van der Waals surface area contributed by atoms with Crippen molar-refractivity contribution in [2.75, 3.05) is 13.1 Å². The molecular weight excluding hydrogens is 324 g/mol. The monoisotopic (exact) mass is 346 g/mol. The number of nitrogens with one attached hydrogen (secondary N) is 1. The first-order chi connectivity index (χ1) is 11.8. The van der Waals surface area contributed by atoms with Crippen LogP contribution in [0.25, 0.3) is 0 Å². The van der Waals surface area contributed by atoms with Crippen LogP contribution in [0, 0.1) is 0 Å². The van der Waals surface area contributed by atoms with Crippen molar-refractivity contribution < 1.29 is 0 Å². The van der Waals surface area contributed by atoms with E-state index in [1.165, 1.54) is 24.6 Å². The van der Waals surface area contributed by atoms with Crippen LogP contribution in [0.5, 0.6) is 0 Å². The molecule has 2 aliphatic rings. The first kappa shape index (κ1) is 15.8. The summed E-state index contributed by atoms with van der Waals surface area (Å²) in [5.74, 6) is 1.55. The van der Waals surface area contributed by atoms with E-state index in [-0.39, 0.29) is 5.56 Å². The molecule has 0 radical (unpaired) electrons. The van der Waals surface area contributed by atoms with Gasteiger partial charge in [-0.1, -0.05) is 0 Å². The lowest BCUT2D eigenvalue weighted by atomic mass is 9.97. The highest BCUT2D eigenvalue weighted by molar-refractivity contribution is 7.99. The van der Waals surface area contributed by atoms with E-state index < -0.39 is 0 Å². The maximum Gasteiger partial charge on any atom is 0.283 e. The van der Waals surface area contributed by atoms with Crippen LogP contribution in [0.15, 0.2) is 27.4 Å². The second-order valence-corrected chi connectivity index (χ2v) is 7.35. The Morgan fingerprint density at radius 2 is 2.04 bits per heavy atom. The van der Waals surface area contributed by atoms with Gasteiger partial charge in [0, 0.05) is 30.9 Å². The van der Waals surface area contributed by atoms with Gasteiger partial charge in [-0.05, 0) is 57.5 Å². The van der Waals surface area contributed by atoms with Gasteiger partial charge in [0.2, 0.25) is 0 Å². The average molecular weight is 346 g/mol. The molecule has 1 N–H and O–H groups in total. The topological polar surface area (TPSA) is 77.6 Å². The van der Waals surface area contributed by atoms with Crippen LogP contribution in [0.3, 0.4) is 0 Å². The summed E-state index contributed by atoms with van der Waals surface area (Å²) in [4.78, 5) is 16.7. The predicted octanol–water partition coefficient (Wildman–Crippen LogP) is 1.81. The van der Waals surface area contributed by atoms with E-state index >= 15 is 0 Å². The Kier molecular flexibility index (Phi) is 4.41. The number of hydrogen-bond donors (Lipinski definition) is 1. The van der Waals surface area contributed by atoms with Crippen molar-refractivity contribution in [3.63, 3.8) is 0 Å². The maximum atomic E-state index is 12.4. The molecule has 1 saturated heterocycles. The molecule has 1 saturated carbocycles. The van der Waals surface area contributed by atoms with E-state index in [1.807, 2.05) is 6.92 Å². The van der Waals surface area contributed by atoms with Crippen LogP contribution in [-0.4, -0.2) is 37.4 Å². The van der Waals surface area contributed by atoms with Gasteiger partial charge in [-0.2, -0.15) is 0 Å². The second kappa shape index (κ2) is 6.68. The number of aromatic nitrogens is 5. The van der Waals surface area contributed by atoms with Crippen LogP contribution < -0.4 is 10.9 Å². The Bertz CT molecular complexity index is 775. The van der Waals surface area contributed by atoms with Gasteiger partial charge >= 0.3 is 0 Å². The summed E-state index contributed by atoms with van der Waals surface area (Å²) >= 11 is 1.35. The third-order valence-corrected chi connectivity index (χ3v) is 5.65. The van der Waals surface area contributed by atoms with Gasteiger partial charge in [0.15, 0.2) is 10.2 Å². The molecule has 1 aliphatic carbocycles. The molecule has 24 heavy (non-hydrogen) atoms. The number of nitrogens with zero attached hydrogens (tertiary/aromatic N) is 5. The molecule has 0 spiro atoms. The van der Waals surface area contributed by atoms with E-state index in [2.05, 4.69) is 25.1 Å². The molecule has 0 unspecified atom stereocenters. The van der Waals surface area contributed by atoms with Crippen molar-refractivity contribution in [2.45, 2.75) is 61.3 Å². The van der Waals surface area contributed by atoms with Gasteiger partial charge in [0.05, 0.1) is 0 Å². The fourth-order valence-corrected chi connectivity index (χ4v) is 4.14. The van der Waals surface area contributed by atoms with Crippen LogP contribution >= 0.6 is 11.8 Å². The van der Waals surface area contributed by atoms with E-state index in [0.29, 0.717) is 23.5 Å². The minimum Gasteiger partial charge on any atom is -0.317 e. The summed E-state index contributed by atoms with van der Waals surface area (Å²) in [6, 6.07) is 0.490. The highest BCUT2D eigenvalue weighted by atomic mass is 32.2. The molecule has 3 heterocycles. The molecule has 7 nitrogen and oxygen atoms in total. The number of aryl methyl sites for hydroxylation is 1. The third-order valence-electron chi connectivity index (χ3n) is 4.72. The van der Waals surface area contributed by atoms with Crippen molar-refractivity contribution >= 4 is 11.8 Å². The van der Waals surface area contributed by atoms with Gasteiger partial charge < -0.3 is 14.5 Å². The van der Waals surface area contributed by atoms with Crippen LogP contribution in [0.1, 0.15) is 50.4 Å². The standard InChI is InChI=1S/C16H22N6OS/c1-2-21-10-9-18-14(15(21)23)24-16-20-19-13(22(16)12-3-4-12)11-5-7-17-8-6-11/h9-12,17H,2-8H2,1H3. The summed E-state index contributed by atoms with van der Waals surface area (Å²) in [5, 5.41) is 13.6. The average Bonchev–Trinajstić information content (AvgIpc) is 3.38. The summed E-state index contributed by atoms with van der Waals surface area (Å²) in [6.07, 6.45) is 7.94. The van der Waals surface area contributed by atoms with E-state index in [0.717, 1.165) is 36.9 Å². The molecule has 128 valence electrons. The third kappa shape index (κ3) is 3.00. The molecule has 8 heteroatoms. The van der Waals surface area contributed by atoms with Crippen LogP contribution in [0.4, 0.5) is 0 Å². The summed E-state index contributed by atoms with van der Waals surface area (Å²) in [7, 11) is 0. The molecule has 2 aromatic rings. The normalized spacial score (nSPS) is 18.9. The van der Waals surface area contributed by atoms with Gasteiger partial charge in [0.25, 0.3) is 5.56 Å². The number of piperidine rings is 1. The Morgan fingerprint density at radius 3 is 2.75 bits per heavy atom. The van der Waals surface area contributed by atoms with Crippen molar-refractivity contribution in [1.82, 2.24) is 29.6 Å². The van der Waals surface area contributed by atoms with Crippen LogP contribution in [0.2, 0.25) is 0 Å². The number of rotatable bonds is 5. The smallest absolute Gasteiger partial charge is 0.283 e. The van der Waals surface area contributed by atoms with Crippen molar-refractivity contribution in [1.29, 1.82) is 0 Å². The lowest BCUT2D eigenvalue weighted by Crippen LogP contribution is -2.28. The lowest BCUT2D eigenvalue weighted by Gasteiger charge is -2.22. The molecule has 2 fully saturated rings. The largest absolute Gasteiger partial charge is 0.317 e. The number of hydrogen-bond acceptors (Lipinski definition) is 6. The zero-order chi connectivity index (χ0) is 16.5. The first-order valence-corrected chi connectivity index (χ1v) is 9.48.